The summed E-state index contributed by atoms with van der Waals surface area (Å²) in [4.78, 5) is 47.1. The van der Waals surface area contributed by atoms with E-state index < -0.39 is 5.91 Å². The fourth-order valence-corrected chi connectivity index (χ4v) is 2.98. The molecule has 0 atom stereocenters. The van der Waals surface area contributed by atoms with Gasteiger partial charge in [0.05, 0.1) is 25.3 Å². The molecule has 0 aromatic carbocycles. The van der Waals surface area contributed by atoms with E-state index in [0.717, 1.165) is 11.3 Å². The molecule has 0 saturated carbocycles. The van der Waals surface area contributed by atoms with Gasteiger partial charge >= 0.3 is 0 Å². The molecule has 1 aliphatic carbocycles. The molecular formula is C15H20N4O4S. The number of aliphatic imine (C=N–C) groups is 1. The number of aromatic nitrogens is 1. The Hall–Kier alpha value is -1.97. The molecule has 0 radical (unpaired) electrons. The van der Waals surface area contributed by atoms with Gasteiger partial charge in [-0.25, -0.2) is 4.98 Å². The van der Waals surface area contributed by atoms with Crippen molar-refractivity contribution in [2.45, 2.75) is 6.42 Å². The van der Waals surface area contributed by atoms with Gasteiger partial charge in [0.25, 0.3) is 5.91 Å². The number of ether oxygens (including phenoxy) is 1. The number of carbonyl (C=O) groups excluding carboxylic acids is 3. The monoisotopic (exact) mass is 352 g/mol. The number of methoxy groups -OCH3 is 1. The zero-order valence-corrected chi connectivity index (χ0v) is 14.7. The van der Waals surface area contributed by atoms with Crippen molar-refractivity contribution >= 4 is 34.5 Å². The van der Waals surface area contributed by atoms with Crippen molar-refractivity contribution in [3.8, 4) is 0 Å². The number of likely N-dealkylation sites (N-methyl/N-ethyl adjacent to an activating group) is 1. The van der Waals surface area contributed by atoms with Gasteiger partial charge in [0.2, 0.25) is 5.78 Å². The van der Waals surface area contributed by atoms with E-state index >= 15 is 0 Å². The number of hydrogen-bond acceptors (Lipinski definition) is 8. The van der Waals surface area contributed by atoms with Crippen LogP contribution >= 0.6 is 11.3 Å². The van der Waals surface area contributed by atoms with Crippen molar-refractivity contribution in [2.75, 3.05) is 47.4 Å². The standard InChI is InChI=1S/C15H20N4O4S/c1-19(2)6-4-16-9-8-10(20)13-11(12(9)21)18-15(24-13)14(22)17-5-7-23-3/h4-8H2,1-3H3,(H,17,22). The Kier molecular flexibility index (Phi) is 6.29. The Morgan fingerprint density at radius 1 is 1.42 bits per heavy atom. The zero-order chi connectivity index (χ0) is 17.7. The molecule has 0 bridgehead atoms. The highest BCUT2D eigenvalue weighted by atomic mass is 32.1. The minimum atomic E-state index is -0.418. The quantitative estimate of drug-likeness (QED) is 0.708. The van der Waals surface area contributed by atoms with Crippen LogP contribution in [-0.4, -0.2) is 80.5 Å². The molecule has 1 aromatic heterocycles. The summed E-state index contributed by atoms with van der Waals surface area (Å²) in [6, 6.07) is 0. The molecule has 24 heavy (non-hydrogen) atoms. The second-order valence-corrected chi connectivity index (χ2v) is 6.51. The fourth-order valence-electron chi connectivity index (χ4n) is 2.06. The summed E-state index contributed by atoms with van der Waals surface area (Å²) < 4.78 is 4.85. The maximum absolute atomic E-state index is 12.4. The van der Waals surface area contributed by atoms with Crippen LogP contribution in [0.2, 0.25) is 0 Å². The number of hydrogen-bond donors (Lipinski definition) is 1. The molecule has 0 aliphatic heterocycles. The molecule has 2 rings (SSSR count). The summed E-state index contributed by atoms with van der Waals surface area (Å²) in [7, 11) is 5.34. The number of rotatable bonds is 7. The van der Waals surface area contributed by atoms with E-state index in [1.165, 1.54) is 7.11 Å². The molecule has 8 nitrogen and oxygen atoms in total. The second kappa shape index (κ2) is 8.22. The van der Waals surface area contributed by atoms with Gasteiger partial charge in [0.1, 0.15) is 10.6 Å². The third kappa shape index (κ3) is 4.31. The second-order valence-electron chi connectivity index (χ2n) is 5.51. The molecule has 1 amide bonds. The van der Waals surface area contributed by atoms with E-state index in [1.807, 2.05) is 19.0 Å². The Bertz CT molecular complexity index is 681. The Balaban J connectivity index is 2.15. The van der Waals surface area contributed by atoms with Gasteiger partial charge < -0.3 is 15.0 Å². The van der Waals surface area contributed by atoms with Crippen LogP contribution in [0.15, 0.2) is 4.99 Å². The van der Waals surface area contributed by atoms with Crippen molar-refractivity contribution in [1.82, 2.24) is 15.2 Å². The van der Waals surface area contributed by atoms with Crippen LogP contribution in [0.25, 0.3) is 0 Å². The zero-order valence-electron chi connectivity index (χ0n) is 13.9. The minimum absolute atomic E-state index is 0.0355. The van der Waals surface area contributed by atoms with Gasteiger partial charge in [-0.05, 0) is 14.1 Å². The first-order valence-electron chi connectivity index (χ1n) is 7.48. The lowest BCUT2D eigenvalue weighted by atomic mass is 9.98. The summed E-state index contributed by atoms with van der Waals surface area (Å²) in [6.07, 6.45) is -0.0355. The number of carbonyl (C=O) groups is 3. The third-order valence-corrected chi connectivity index (χ3v) is 4.42. The summed E-state index contributed by atoms with van der Waals surface area (Å²) in [5.74, 6) is -1.00. The largest absolute Gasteiger partial charge is 0.383 e. The van der Waals surface area contributed by atoms with E-state index in [-0.39, 0.29) is 39.3 Å². The maximum atomic E-state index is 12.4. The first kappa shape index (κ1) is 18.4. The Morgan fingerprint density at radius 2 is 2.17 bits per heavy atom. The van der Waals surface area contributed by atoms with Gasteiger partial charge in [-0.3, -0.25) is 19.4 Å². The van der Waals surface area contributed by atoms with Crippen LogP contribution in [0.4, 0.5) is 0 Å². The number of ketones is 2. The average molecular weight is 352 g/mol. The first-order valence-corrected chi connectivity index (χ1v) is 8.29. The van der Waals surface area contributed by atoms with E-state index in [9.17, 15) is 14.4 Å². The van der Waals surface area contributed by atoms with Crippen molar-refractivity contribution in [2.24, 2.45) is 4.99 Å². The fraction of sp³-hybridized carbons (Fsp3) is 0.533. The van der Waals surface area contributed by atoms with Crippen LogP contribution in [0.3, 0.4) is 0 Å². The smallest absolute Gasteiger partial charge is 0.280 e. The SMILES string of the molecule is COCCNC(=O)c1nc2c(s1)C(=O)CC(=NCCN(C)C)C2=O. The van der Waals surface area contributed by atoms with Crippen molar-refractivity contribution in [3.05, 3.63) is 15.6 Å². The van der Waals surface area contributed by atoms with E-state index in [2.05, 4.69) is 15.3 Å². The van der Waals surface area contributed by atoms with Crippen molar-refractivity contribution < 1.29 is 19.1 Å². The normalized spacial score (nSPS) is 15.9. The number of nitrogens with zero attached hydrogens (tertiary/aromatic N) is 3. The van der Waals surface area contributed by atoms with E-state index in [4.69, 9.17) is 4.74 Å². The molecule has 0 spiro atoms. The van der Waals surface area contributed by atoms with Crippen LogP contribution in [-0.2, 0) is 4.74 Å². The lowest BCUT2D eigenvalue weighted by Crippen LogP contribution is -2.28. The lowest BCUT2D eigenvalue weighted by molar-refractivity contribution is 0.0935. The van der Waals surface area contributed by atoms with Gasteiger partial charge in [-0.15, -0.1) is 11.3 Å². The number of fused-ring (bicyclic) bond motifs is 1. The average Bonchev–Trinajstić information content (AvgIpc) is 2.98. The maximum Gasteiger partial charge on any atom is 0.280 e. The molecule has 1 heterocycles. The van der Waals surface area contributed by atoms with E-state index in [1.54, 1.807) is 0 Å². The first-order chi connectivity index (χ1) is 11.4. The van der Waals surface area contributed by atoms with Crippen LogP contribution in [0, 0.1) is 0 Å². The number of thiazole rings is 1. The molecular weight excluding hydrogens is 332 g/mol. The Morgan fingerprint density at radius 3 is 2.83 bits per heavy atom. The molecule has 1 N–H and O–H groups in total. The molecule has 130 valence electrons. The van der Waals surface area contributed by atoms with E-state index in [0.29, 0.717) is 26.2 Å². The van der Waals surface area contributed by atoms with Crippen LogP contribution in [0.1, 0.15) is 36.4 Å². The Labute approximate surface area is 143 Å². The summed E-state index contributed by atoms with van der Waals surface area (Å²) >= 11 is 0.947. The van der Waals surface area contributed by atoms with Gasteiger partial charge in [-0.1, -0.05) is 0 Å². The predicted octanol–water partition coefficient (Wildman–Crippen LogP) is 0.291. The highest BCUT2D eigenvalue weighted by molar-refractivity contribution is 7.16. The van der Waals surface area contributed by atoms with Gasteiger partial charge in [-0.2, -0.15) is 0 Å². The summed E-state index contributed by atoms with van der Waals surface area (Å²) in [5, 5.41) is 2.73. The van der Waals surface area contributed by atoms with Crippen LogP contribution in [0.5, 0.6) is 0 Å². The summed E-state index contributed by atoms with van der Waals surface area (Å²) in [6.45, 7) is 1.82. The molecule has 9 heteroatoms. The third-order valence-electron chi connectivity index (χ3n) is 3.32. The van der Waals surface area contributed by atoms with Crippen LogP contribution < -0.4 is 5.32 Å². The summed E-state index contributed by atoms with van der Waals surface area (Å²) in [5.41, 5.74) is 0.253. The minimum Gasteiger partial charge on any atom is -0.383 e. The number of nitrogens with one attached hydrogen (secondary N) is 1. The topological polar surface area (TPSA) is 101 Å². The lowest BCUT2D eigenvalue weighted by Gasteiger charge is -2.11. The molecule has 0 fully saturated rings. The number of amides is 1. The van der Waals surface area contributed by atoms with Crippen molar-refractivity contribution in [1.29, 1.82) is 0 Å². The van der Waals surface area contributed by atoms with Gasteiger partial charge in [0.15, 0.2) is 10.8 Å². The predicted molar refractivity (Wildman–Crippen MR) is 90.5 cm³/mol. The highest BCUT2D eigenvalue weighted by Gasteiger charge is 2.34. The molecule has 0 unspecified atom stereocenters. The van der Waals surface area contributed by atoms with Gasteiger partial charge in [0, 0.05) is 20.2 Å². The highest BCUT2D eigenvalue weighted by Crippen LogP contribution is 2.26. The molecule has 1 aromatic rings. The molecule has 1 aliphatic rings. The number of Topliss-reactive ketones (excluding diaryl/α,β-unsaturated/α-hetero) is 2. The molecule has 0 saturated heterocycles. The van der Waals surface area contributed by atoms with Crippen molar-refractivity contribution in [3.63, 3.8) is 0 Å².